The van der Waals surface area contributed by atoms with Crippen molar-refractivity contribution in [3.63, 3.8) is 0 Å². The molecule has 4 nitrogen and oxygen atoms in total. The molecular formula is C16H13NO3. The van der Waals surface area contributed by atoms with Crippen molar-refractivity contribution >= 4 is 11.6 Å². The number of hydrogen-bond acceptors (Lipinski definition) is 3. The molecule has 0 bridgehead atoms. The molecule has 4 heteroatoms. The molecule has 2 aromatic rings. The molecule has 20 heavy (non-hydrogen) atoms. The highest BCUT2D eigenvalue weighted by Gasteiger charge is 2.05. The second-order valence-electron chi connectivity index (χ2n) is 4.04. The van der Waals surface area contributed by atoms with Gasteiger partial charge in [-0.05, 0) is 42.5 Å². The van der Waals surface area contributed by atoms with Gasteiger partial charge in [0.1, 0.15) is 12.4 Å². The van der Waals surface area contributed by atoms with Crippen molar-refractivity contribution in [3.05, 3.63) is 59.7 Å². The number of aliphatic hydroxyl groups is 1. The van der Waals surface area contributed by atoms with Crippen LogP contribution in [0.25, 0.3) is 0 Å². The Bertz CT molecular complexity index is 666. The molecule has 1 amide bonds. The van der Waals surface area contributed by atoms with Crippen LogP contribution in [0, 0.1) is 11.8 Å². The maximum atomic E-state index is 12.0. The van der Waals surface area contributed by atoms with Crippen molar-refractivity contribution in [2.75, 3.05) is 11.9 Å². The van der Waals surface area contributed by atoms with Crippen molar-refractivity contribution in [2.45, 2.75) is 0 Å². The number of aliphatic hydroxyl groups excluding tert-OH is 1. The van der Waals surface area contributed by atoms with Gasteiger partial charge in [-0.15, -0.1) is 0 Å². The van der Waals surface area contributed by atoms with E-state index in [9.17, 15) is 9.90 Å². The lowest BCUT2D eigenvalue weighted by atomic mass is 10.1. The monoisotopic (exact) mass is 267 g/mol. The first kappa shape index (κ1) is 13.7. The van der Waals surface area contributed by atoms with E-state index in [-0.39, 0.29) is 18.3 Å². The van der Waals surface area contributed by atoms with Gasteiger partial charge in [0, 0.05) is 16.8 Å². The summed E-state index contributed by atoms with van der Waals surface area (Å²) >= 11 is 0. The van der Waals surface area contributed by atoms with Gasteiger partial charge in [0.2, 0.25) is 0 Å². The van der Waals surface area contributed by atoms with Crippen LogP contribution in [-0.4, -0.2) is 22.7 Å². The molecule has 0 saturated heterocycles. The zero-order chi connectivity index (χ0) is 14.4. The maximum absolute atomic E-state index is 12.0. The summed E-state index contributed by atoms with van der Waals surface area (Å²) in [5.74, 6) is 5.17. The summed E-state index contributed by atoms with van der Waals surface area (Å²) in [6.45, 7) is -0.204. The van der Waals surface area contributed by atoms with Gasteiger partial charge >= 0.3 is 0 Å². The molecule has 0 atom stereocenters. The lowest BCUT2D eigenvalue weighted by Gasteiger charge is -2.05. The molecular weight excluding hydrogens is 254 g/mol. The van der Waals surface area contributed by atoms with Crippen molar-refractivity contribution in [3.8, 4) is 17.6 Å². The van der Waals surface area contributed by atoms with Gasteiger partial charge in [-0.1, -0.05) is 17.9 Å². The standard InChI is InChI=1S/C16H13NO3/c18-10-2-4-12-3-1-5-14(11-12)17-16(20)13-6-8-15(19)9-7-13/h1,3,5-9,11,18-19H,10H2,(H,17,20). The van der Waals surface area contributed by atoms with Crippen LogP contribution in [-0.2, 0) is 0 Å². The van der Waals surface area contributed by atoms with Crippen LogP contribution in [0.15, 0.2) is 48.5 Å². The molecule has 0 saturated carbocycles. The van der Waals surface area contributed by atoms with E-state index in [1.807, 2.05) is 0 Å². The number of nitrogens with one attached hydrogen (secondary N) is 1. The highest BCUT2D eigenvalue weighted by Crippen LogP contribution is 2.14. The first-order valence-corrected chi connectivity index (χ1v) is 5.99. The van der Waals surface area contributed by atoms with E-state index < -0.39 is 0 Å². The first-order valence-electron chi connectivity index (χ1n) is 5.99. The lowest BCUT2D eigenvalue weighted by molar-refractivity contribution is 0.102. The van der Waals surface area contributed by atoms with Gasteiger partial charge in [-0.25, -0.2) is 0 Å². The zero-order valence-corrected chi connectivity index (χ0v) is 10.6. The number of carbonyl (C=O) groups is 1. The molecule has 100 valence electrons. The molecule has 0 radical (unpaired) electrons. The van der Waals surface area contributed by atoms with Gasteiger partial charge < -0.3 is 15.5 Å². The lowest BCUT2D eigenvalue weighted by Crippen LogP contribution is -2.11. The van der Waals surface area contributed by atoms with Crippen molar-refractivity contribution in [1.82, 2.24) is 0 Å². The third kappa shape index (κ3) is 3.61. The summed E-state index contributed by atoms with van der Waals surface area (Å²) in [7, 11) is 0. The zero-order valence-electron chi connectivity index (χ0n) is 10.6. The number of phenolic OH excluding ortho intramolecular Hbond substituents is 1. The molecule has 0 aliphatic heterocycles. The maximum Gasteiger partial charge on any atom is 0.255 e. The fourth-order valence-electron chi connectivity index (χ4n) is 1.63. The molecule has 2 rings (SSSR count). The van der Waals surface area contributed by atoms with Gasteiger partial charge in [-0.3, -0.25) is 4.79 Å². The molecule has 0 unspecified atom stereocenters. The minimum Gasteiger partial charge on any atom is -0.508 e. The van der Waals surface area contributed by atoms with Crippen LogP contribution in [0.4, 0.5) is 5.69 Å². The Labute approximate surface area is 116 Å². The molecule has 2 aromatic carbocycles. The highest BCUT2D eigenvalue weighted by atomic mass is 16.3. The summed E-state index contributed by atoms with van der Waals surface area (Å²) in [5.41, 5.74) is 1.78. The van der Waals surface area contributed by atoms with E-state index in [4.69, 9.17) is 5.11 Å². The van der Waals surface area contributed by atoms with Crippen LogP contribution in [0.1, 0.15) is 15.9 Å². The SMILES string of the molecule is O=C(Nc1cccc(C#CCO)c1)c1ccc(O)cc1. The van der Waals surface area contributed by atoms with E-state index in [2.05, 4.69) is 17.2 Å². The Morgan fingerprint density at radius 2 is 1.90 bits per heavy atom. The largest absolute Gasteiger partial charge is 0.508 e. The molecule has 0 aliphatic rings. The number of hydrogen-bond donors (Lipinski definition) is 3. The summed E-state index contributed by atoms with van der Waals surface area (Å²) < 4.78 is 0. The Kier molecular flexibility index (Phi) is 4.38. The van der Waals surface area contributed by atoms with Crippen LogP contribution >= 0.6 is 0 Å². The van der Waals surface area contributed by atoms with Gasteiger partial charge in [0.05, 0.1) is 0 Å². The Balaban J connectivity index is 2.13. The Morgan fingerprint density at radius 3 is 2.60 bits per heavy atom. The van der Waals surface area contributed by atoms with Gasteiger partial charge in [-0.2, -0.15) is 0 Å². The number of anilines is 1. The van der Waals surface area contributed by atoms with Crippen molar-refractivity contribution in [1.29, 1.82) is 0 Å². The third-order valence-corrected chi connectivity index (χ3v) is 2.56. The smallest absolute Gasteiger partial charge is 0.255 e. The normalized spacial score (nSPS) is 9.45. The molecule has 0 fully saturated rings. The van der Waals surface area contributed by atoms with Crippen LogP contribution in [0.2, 0.25) is 0 Å². The number of rotatable bonds is 2. The molecule has 0 heterocycles. The predicted octanol–water partition coefficient (Wildman–Crippen LogP) is 1.99. The third-order valence-electron chi connectivity index (χ3n) is 2.56. The first-order chi connectivity index (χ1) is 9.69. The van der Waals surface area contributed by atoms with E-state index in [1.165, 1.54) is 12.1 Å². The van der Waals surface area contributed by atoms with E-state index in [0.29, 0.717) is 16.8 Å². The Morgan fingerprint density at radius 1 is 1.15 bits per heavy atom. The summed E-state index contributed by atoms with van der Waals surface area (Å²) in [6.07, 6.45) is 0. The molecule has 0 spiro atoms. The molecule has 0 aliphatic carbocycles. The number of carbonyl (C=O) groups excluding carboxylic acids is 1. The van der Waals surface area contributed by atoms with Gasteiger partial charge in [0.25, 0.3) is 5.91 Å². The fourth-order valence-corrected chi connectivity index (χ4v) is 1.63. The summed E-state index contributed by atoms with van der Waals surface area (Å²) in [5, 5.41) is 20.6. The molecule has 0 aromatic heterocycles. The second kappa shape index (κ2) is 6.41. The number of amides is 1. The van der Waals surface area contributed by atoms with E-state index in [0.717, 1.165) is 0 Å². The van der Waals surface area contributed by atoms with Crippen LogP contribution in [0.3, 0.4) is 0 Å². The summed E-state index contributed by atoms with van der Waals surface area (Å²) in [6, 6.07) is 13.0. The van der Waals surface area contributed by atoms with Gasteiger partial charge in [0.15, 0.2) is 0 Å². The quantitative estimate of drug-likeness (QED) is 0.729. The topological polar surface area (TPSA) is 69.6 Å². The Hall–Kier alpha value is -2.77. The average molecular weight is 267 g/mol. The van der Waals surface area contributed by atoms with Crippen LogP contribution < -0.4 is 5.32 Å². The second-order valence-corrected chi connectivity index (χ2v) is 4.04. The number of phenols is 1. The number of aromatic hydroxyl groups is 1. The highest BCUT2D eigenvalue weighted by molar-refractivity contribution is 6.04. The predicted molar refractivity (Wildman–Crippen MR) is 76.5 cm³/mol. The minimum atomic E-state index is -0.266. The summed E-state index contributed by atoms with van der Waals surface area (Å²) in [4.78, 5) is 12.0. The van der Waals surface area contributed by atoms with E-state index in [1.54, 1.807) is 36.4 Å². The van der Waals surface area contributed by atoms with Crippen LogP contribution in [0.5, 0.6) is 5.75 Å². The number of benzene rings is 2. The average Bonchev–Trinajstić information content (AvgIpc) is 2.46. The van der Waals surface area contributed by atoms with Crippen molar-refractivity contribution < 1.29 is 15.0 Å². The van der Waals surface area contributed by atoms with E-state index >= 15 is 0 Å². The minimum absolute atomic E-state index is 0.114. The fraction of sp³-hybridized carbons (Fsp3) is 0.0625. The van der Waals surface area contributed by atoms with Crippen molar-refractivity contribution in [2.24, 2.45) is 0 Å². The molecule has 3 N–H and O–H groups in total.